The van der Waals surface area contributed by atoms with Crippen LogP contribution in [0.5, 0.6) is 0 Å². The van der Waals surface area contributed by atoms with Crippen LogP contribution in [0.15, 0.2) is 59.3 Å². The predicted octanol–water partition coefficient (Wildman–Crippen LogP) is 6.05. The number of fused-ring (bicyclic) bond motifs is 1. The molecule has 0 fully saturated rings. The van der Waals surface area contributed by atoms with Gasteiger partial charge in [0, 0.05) is 10.9 Å². The summed E-state index contributed by atoms with van der Waals surface area (Å²) in [4.78, 5) is 46.3. The van der Waals surface area contributed by atoms with Crippen molar-refractivity contribution in [3.8, 4) is 10.6 Å². The molecule has 170 valence electrons. The van der Waals surface area contributed by atoms with Crippen LogP contribution in [-0.2, 0) is 12.8 Å². The van der Waals surface area contributed by atoms with Crippen LogP contribution in [0.2, 0.25) is 0 Å². The maximum absolute atomic E-state index is 13.4. The zero-order valence-electron chi connectivity index (χ0n) is 18.6. The second-order valence-corrected chi connectivity index (χ2v) is 9.61. The maximum Gasteiger partial charge on any atom is 0.266 e. The Morgan fingerprint density at radius 1 is 0.941 bits per heavy atom. The molecule has 0 unspecified atom stereocenters. The number of thiophene rings is 1. The molecular weight excluding hydrogens is 466 g/mol. The number of rotatable bonds is 6. The van der Waals surface area contributed by atoms with Gasteiger partial charge >= 0.3 is 0 Å². The fraction of sp³-hybridized carbons (Fsp3) is 0.154. The summed E-state index contributed by atoms with van der Waals surface area (Å²) in [5.74, 6) is -1.14. The zero-order valence-corrected chi connectivity index (χ0v) is 20.3. The molecule has 1 aliphatic heterocycles. The lowest BCUT2D eigenvalue weighted by atomic mass is 10.0. The van der Waals surface area contributed by atoms with E-state index in [1.807, 2.05) is 54.9 Å². The van der Waals surface area contributed by atoms with Gasteiger partial charge in [0.1, 0.15) is 0 Å². The third kappa shape index (κ3) is 3.74. The van der Waals surface area contributed by atoms with Crippen LogP contribution in [0.1, 0.15) is 56.0 Å². The first-order valence-electron chi connectivity index (χ1n) is 11.0. The number of imide groups is 1. The average Bonchev–Trinajstić information content (AvgIpc) is 3.59. The van der Waals surface area contributed by atoms with E-state index in [4.69, 9.17) is 0 Å². The molecule has 4 aromatic rings. The number of nitrogens with zero attached hydrogens (tertiary/aromatic N) is 2. The van der Waals surface area contributed by atoms with Crippen LogP contribution in [0, 0.1) is 0 Å². The first kappa shape index (κ1) is 22.2. The third-order valence-electron chi connectivity index (χ3n) is 5.84. The summed E-state index contributed by atoms with van der Waals surface area (Å²) in [6, 6.07) is 14.4. The average molecular weight is 488 g/mol. The van der Waals surface area contributed by atoms with Crippen LogP contribution >= 0.6 is 22.7 Å². The van der Waals surface area contributed by atoms with Crippen LogP contribution < -0.4 is 10.2 Å². The number of para-hydroxylation sites is 1. The molecule has 0 bridgehead atoms. The Morgan fingerprint density at radius 2 is 1.68 bits per heavy atom. The molecule has 0 spiro atoms. The molecule has 2 aromatic heterocycles. The Bertz CT molecular complexity index is 1400. The Morgan fingerprint density at radius 3 is 2.35 bits per heavy atom. The minimum atomic E-state index is -0.403. The van der Waals surface area contributed by atoms with Gasteiger partial charge in [0.05, 0.1) is 27.4 Å². The van der Waals surface area contributed by atoms with Crippen molar-refractivity contribution in [1.29, 1.82) is 0 Å². The molecule has 2 aromatic carbocycles. The second kappa shape index (κ2) is 8.96. The molecule has 3 amide bonds. The minimum absolute atomic E-state index is 0.240. The lowest BCUT2D eigenvalue weighted by Crippen LogP contribution is -2.31. The lowest BCUT2D eigenvalue weighted by Gasteiger charge is -2.21. The van der Waals surface area contributed by atoms with Crippen molar-refractivity contribution in [2.24, 2.45) is 0 Å². The molecule has 34 heavy (non-hydrogen) atoms. The lowest BCUT2D eigenvalue weighted by molar-refractivity contribution is 0.0925. The first-order valence-corrected chi connectivity index (χ1v) is 12.7. The van der Waals surface area contributed by atoms with E-state index in [-0.39, 0.29) is 17.4 Å². The number of amides is 3. The van der Waals surface area contributed by atoms with E-state index in [0.717, 1.165) is 21.7 Å². The summed E-state index contributed by atoms with van der Waals surface area (Å²) < 4.78 is 0. The van der Waals surface area contributed by atoms with Gasteiger partial charge in [0.2, 0.25) is 0 Å². The van der Waals surface area contributed by atoms with Crippen molar-refractivity contribution >= 4 is 51.2 Å². The van der Waals surface area contributed by atoms with Gasteiger partial charge in [-0.1, -0.05) is 38.1 Å². The van der Waals surface area contributed by atoms with Crippen LogP contribution in [0.3, 0.4) is 0 Å². The van der Waals surface area contributed by atoms with Crippen LogP contribution in [-0.4, -0.2) is 22.7 Å². The Labute approximate surface area is 204 Å². The standard InChI is InChI=1S/C26H21N3O3S2/c1-3-15-7-5-8-16(4-2)22(15)29-24(31)18-11-10-17(13-19(18)25(29)32)23(30)28-26-27-20(14-34-26)21-9-6-12-33-21/h5-14H,3-4H2,1-2H3,(H,27,28,30). The topological polar surface area (TPSA) is 79.4 Å². The largest absolute Gasteiger partial charge is 0.298 e. The van der Waals surface area contributed by atoms with Gasteiger partial charge in [0.15, 0.2) is 5.13 Å². The van der Waals surface area contributed by atoms with E-state index in [1.54, 1.807) is 23.5 Å². The smallest absolute Gasteiger partial charge is 0.266 e. The molecule has 0 aliphatic carbocycles. The van der Waals surface area contributed by atoms with E-state index in [1.165, 1.54) is 22.3 Å². The second-order valence-electron chi connectivity index (χ2n) is 7.81. The quantitative estimate of drug-likeness (QED) is 0.336. The molecule has 3 heterocycles. The first-order chi connectivity index (χ1) is 16.5. The fourth-order valence-corrected chi connectivity index (χ4v) is 5.59. The normalized spacial score (nSPS) is 12.8. The number of anilines is 2. The van der Waals surface area contributed by atoms with E-state index in [0.29, 0.717) is 34.8 Å². The molecule has 0 radical (unpaired) electrons. The van der Waals surface area contributed by atoms with E-state index in [9.17, 15) is 14.4 Å². The Balaban J connectivity index is 1.43. The summed E-state index contributed by atoms with van der Waals surface area (Å²) in [7, 11) is 0. The van der Waals surface area contributed by atoms with Crippen molar-refractivity contribution in [1.82, 2.24) is 4.98 Å². The molecule has 8 heteroatoms. The number of nitrogens with one attached hydrogen (secondary N) is 1. The van der Waals surface area contributed by atoms with E-state index >= 15 is 0 Å². The molecule has 0 saturated carbocycles. The van der Waals surface area contributed by atoms with E-state index in [2.05, 4.69) is 10.3 Å². The number of thiazole rings is 1. The summed E-state index contributed by atoms with van der Waals surface area (Å²) >= 11 is 2.92. The third-order valence-corrected chi connectivity index (χ3v) is 7.49. The molecule has 5 rings (SSSR count). The minimum Gasteiger partial charge on any atom is -0.298 e. The highest BCUT2D eigenvalue weighted by Gasteiger charge is 2.38. The van der Waals surface area contributed by atoms with Crippen molar-refractivity contribution in [3.63, 3.8) is 0 Å². The monoisotopic (exact) mass is 487 g/mol. The number of hydrogen-bond acceptors (Lipinski definition) is 6. The Hall–Kier alpha value is -3.62. The maximum atomic E-state index is 13.4. The van der Waals surface area contributed by atoms with Gasteiger partial charge in [-0.2, -0.15) is 0 Å². The number of benzene rings is 2. The highest BCUT2D eigenvalue weighted by atomic mass is 32.1. The molecule has 0 atom stereocenters. The van der Waals surface area contributed by atoms with Gasteiger partial charge in [-0.05, 0) is 53.6 Å². The fourth-order valence-electron chi connectivity index (χ4n) is 4.13. The molecular formula is C26H21N3O3S2. The summed E-state index contributed by atoms with van der Waals surface area (Å²) in [6.07, 6.45) is 1.40. The predicted molar refractivity (Wildman–Crippen MR) is 136 cm³/mol. The SMILES string of the molecule is CCc1cccc(CC)c1N1C(=O)c2ccc(C(=O)Nc3nc(-c4cccs4)cs3)cc2C1=O. The van der Waals surface area contributed by atoms with Gasteiger partial charge in [-0.25, -0.2) is 9.88 Å². The van der Waals surface area contributed by atoms with Crippen molar-refractivity contribution in [2.75, 3.05) is 10.2 Å². The highest BCUT2D eigenvalue weighted by Crippen LogP contribution is 2.35. The number of aromatic nitrogens is 1. The molecule has 1 aliphatic rings. The summed E-state index contributed by atoms with van der Waals surface area (Å²) in [6.45, 7) is 4.00. The summed E-state index contributed by atoms with van der Waals surface area (Å²) in [5.41, 5.74) is 4.20. The number of carbonyl (C=O) groups is 3. The van der Waals surface area contributed by atoms with Crippen molar-refractivity contribution in [3.05, 3.63) is 87.1 Å². The van der Waals surface area contributed by atoms with Crippen molar-refractivity contribution in [2.45, 2.75) is 26.7 Å². The van der Waals surface area contributed by atoms with Crippen LogP contribution in [0.4, 0.5) is 10.8 Å². The summed E-state index contributed by atoms with van der Waals surface area (Å²) in [5, 5.41) is 7.14. The van der Waals surface area contributed by atoms with Crippen molar-refractivity contribution < 1.29 is 14.4 Å². The highest BCUT2D eigenvalue weighted by molar-refractivity contribution is 7.16. The van der Waals surface area contributed by atoms with Crippen LogP contribution in [0.25, 0.3) is 10.6 Å². The number of hydrogen-bond donors (Lipinski definition) is 1. The number of carbonyl (C=O) groups excluding carboxylic acids is 3. The molecule has 6 nitrogen and oxygen atoms in total. The molecule has 1 N–H and O–H groups in total. The zero-order chi connectivity index (χ0) is 23.8. The van der Waals surface area contributed by atoms with Gasteiger partial charge < -0.3 is 0 Å². The number of aryl methyl sites for hydroxylation is 2. The molecule has 0 saturated heterocycles. The van der Waals surface area contributed by atoms with E-state index < -0.39 is 5.91 Å². The van der Waals surface area contributed by atoms with Gasteiger partial charge in [0.25, 0.3) is 17.7 Å². The van der Waals surface area contributed by atoms with Gasteiger partial charge in [-0.15, -0.1) is 22.7 Å². The Kier molecular flexibility index (Phi) is 5.85. The van der Waals surface area contributed by atoms with Gasteiger partial charge in [-0.3, -0.25) is 19.7 Å².